The molecule has 88 valence electrons. The van der Waals surface area contributed by atoms with Gasteiger partial charge in [0.1, 0.15) is 0 Å². The fourth-order valence-corrected chi connectivity index (χ4v) is 1.14. The molecule has 0 bridgehead atoms. The SMILES string of the molecule is COc1ccc(C#CCC(N)=O)cc1[N+](=O)[O-]. The number of nitro groups is 1. The Morgan fingerprint density at radius 3 is 2.82 bits per heavy atom. The standard InChI is InChI=1S/C11H10N2O4/c1-17-10-6-5-8(3-2-4-11(12)14)7-9(10)13(15)16/h5-7H,4H2,1H3,(H2,12,14). The highest BCUT2D eigenvalue weighted by Gasteiger charge is 2.14. The monoisotopic (exact) mass is 234 g/mol. The van der Waals surface area contributed by atoms with Crippen LogP contribution >= 0.6 is 0 Å². The number of hydrogen-bond acceptors (Lipinski definition) is 4. The third-order valence-corrected chi connectivity index (χ3v) is 1.87. The van der Waals surface area contributed by atoms with E-state index in [1.54, 1.807) is 6.07 Å². The van der Waals surface area contributed by atoms with Crippen molar-refractivity contribution in [2.75, 3.05) is 7.11 Å². The van der Waals surface area contributed by atoms with Crippen molar-refractivity contribution in [3.63, 3.8) is 0 Å². The lowest BCUT2D eigenvalue weighted by Gasteiger charge is -2.00. The number of ether oxygens (including phenoxy) is 1. The van der Waals surface area contributed by atoms with E-state index in [4.69, 9.17) is 10.5 Å². The molecule has 1 amide bonds. The predicted molar refractivity (Wildman–Crippen MR) is 60.3 cm³/mol. The Kier molecular flexibility index (Phi) is 4.06. The highest BCUT2D eigenvalue weighted by Crippen LogP contribution is 2.26. The molecule has 0 saturated heterocycles. The fraction of sp³-hybridized carbons (Fsp3) is 0.182. The molecular formula is C11H10N2O4. The second-order valence-corrected chi connectivity index (χ2v) is 3.09. The van der Waals surface area contributed by atoms with E-state index >= 15 is 0 Å². The first-order valence-corrected chi connectivity index (χ1v) is 4.64. The summed E-state index contributed by atoms with van der Waals surface area (Å²) in [6.45, 7) is 0. The van der Waals surface area contributed by atoms with Crippen LogP contribution in [0.3, 0.4) is 0 Å². The number of methoxy groups -OCH3 is 1. The number of amides is 1. The third kappa shape index (κ3) is 3.50. The van der Waals surface area contributed by atoms with E-state index in [0.717, 1.165) is 0 Å². The van der Waals surface area contributed by atoms with Crippen LogP contribution in [0, 0.1) is 22.0 Å². The summed E-state index contributed by atoms with van der Waals surface area (Å²) in [6, 6.07) is 4.30. The smallest absolute Gasteiger partial charge is 0.312 e. The molecule has 17 heavy (non-hydrogen) atoms. The molecular weight excluding hydrogens is 224 g/mol. The minimum Gasteiger partial charge on any atom is -0.490 e. The Hall–Kier alpha value is -2.55. The van der Waals surface area contributed by atoms with Crippen LogP contribution in [0.4, 0.5) is 5.69 Å². The minimum atomic E-state index is -0.557. The molecule has 2 N–H and O–H groups in total. The van der Waals surface area contributed by atoms with Gasteiger partial charge in [-0.15, -0.1) is 0 Å². The van der Waals surface area contributed by atoms with Crippen molar-refractivity contribution in [1.29, 1.82) is 0 Å². The Balaban J connectivity index is 3.03. The quantitative estimate of drug-likeness (QED) is 0.476. The molecule has 0 saturated carbocycles. The molecule has 0 aromatic heterocycles. The number of primary amides is 1. The minimum absolute atomic E-state index is 0.0835. The molecule has 1 aromatic carbocycles. The van der Waals surface area contributed by atoms with Crippen molar-refractivity contribution >= 4 is 11.6 Å². The van der Waals surface area contributed by atoms with E-state index < -0.39 is 10.8 Å². The van der Waals surface area contributed by atoms with Crippen LogP contribution in [0.1, 0.15) is 12.0 Å². The largest absolute Gasteiger partial charge is 0.490 e. The number of carbonyl (C=O) groups is 1. The molecule has 0 spiro atoms. The van der Waals surface area contributed by atoms with Gasteiger partial charge in [-0.3, -0.25) is 14.9 Å². The van der Waals surface area contributed by atoms with Gasteiger partial charge in [0.05, 0.1) is 18.5 Å². The van der Waals surface area contributed by atoms with Crippen molar-refractivity contribution in [3.05, 3.63) is 33.9 Å². The predicted octanol–water partition coefficient (Wildman–Crippen LogP) is 0.830. The molecule has 1 aromatic rings. The van der Waals surface area contributed by atoms with Crippen LogP contribution in [-0.2, 0) is 4.79 Å². The molecule has 6 nitrogen and oxygen atoms in total. The average molecular weight is 234 g/mol. The van der Waals surface area contributed by atoms with Crippen LogP contribution in [0.2, 0.25) is 0 Å². The van der Waals surface area contributed by atoms with Gasteiger partial charge < -0.3 is 10.5 Å². The molecule has 1 rings (SSSR count). The van der Waals surface area contributed by atoms with Crippen molar-refractivity contribution < 1.29 is 14.5 Å². The van der Waals surface area contributed by atoms with Gasteiger partial charge >= 0.3 is 5.69 Å². The average Bonchev–Trinajstić information content (AvgIpc) is 2.28. The Morgan fingerprint density at radius 2 is 2.29 bits per heavy atom. The van der Waals surface area contributed by atoms with E-state index in [1.807, 2.05) is 0 Å². The number of benzene rings is 1. The van der Waals surface area contributed by atoms with E-state index in [-0.39, 0.29) is 17.9 Å². The summed E-state index contributed by atoms with van der Waals surface area (Å²) in [5.74, 6) is 4.75. The summed E-state index contributed by atoms with van der Waals surface area (Å²) in [7, 11) is 1.35. The lowest BCUT2D eigenvalue weighted by atomic mass is 10.2. The van der Waals surface area contributed by atoms with Crippen molar-refractivity contribution in [1.82, 2.24) is 0 Å². The number of nitro benzene ring substituents is 1. The van der Waals surface area contributed by atoms with Gasteiger partial charge in [0.25, 0.3) is 0 Å². The van der Waals surface area contributed by atoms with Gasteiger partial charge in [-0.1, -0.05) is 11.8 Å². The first kappa shape index (κ1) is 12.5. The summed E-state index contributed by atoms with van der Waals surface area (Å²) in [5, 5.41) is 10.7. The van der Waals surface area contributed by atoms with Crippen LogP contribution in [0.25, 0.3) is 0 Å². The number of carbonyl (C=O) groups excluding carboxylic acids is 1. The van der Waals surface area contributed by atoms with Crippen LogP contribution in [0.15, 0.2) is 18.2 Å². The van der Waals surface area contributed by atoms with Crippen molar-refractivity contribution in [2.45, 2.75) is 6.42 Å². The summed E-state index contributed by atoms with van der Waals surface area (Å²) in [5.41, 5.74) is 5.17. The molecule has 0 radical (unpaired) electrons. The van der Waals surface area contributed by atoms with E-state index in [2.05, 4.69) is 11.8 Å². The summed E-state index contributed by atoms with van der Waals surface area (Å²) < 4.78 is 4.84. The van der Waals surface area contributed by atoms with E-state index in [0.29, 0.717) is 5.56 Å². The number of hydrogen-bond donors (Lipinski definition) is 1. The Bertz CT molecular complexity index is 514. The molecule has 0 heterocycles. The maximum absolute atomic E-state index is 10.7. The lowest BCUT2D eigenvalue weighted by Crippen LogP contribution is -2.08. The maximum Gasteiger partial charge on any atom is 0.312 e. The third-order valence-electron chi connectivity index (χ3n) is 1.87. The maximum atomic E-state index is 10.7. The molecule has 0 aliphatic rings. The van der Waals surface area contributed by atoms with Crippen LogP contribution in [-0.4, -0.2) is 17.9 Å². The summed E-state index contributed by atoms with van der Waals surface area (Å²) >= 11 is 0. The summed E-state index contributed by atoms with van der Waals surface area (Å²) in [4.78, 5) is 20.6. The zero-order chi connectivity index (χ0) is 12.8. The van der Waals surface area contributed by atoms with E-state index in [1.165, 1.54) is 19.2 Å². The van der Waals surface area contributed by atoms with Gasteiger partial charge in [-0.05, 0) is 12.1 Å². The van der Waals surface area contributed by atoms with Gasteiger partial charge in [-0.2, -0.15) is 0 Å². The zero-order valence-corrected chi connectivity index (χ0v) is 9.10. The van der Waals surface area contributed by atoms with Crippen LogP contribution in [0.5, 0.6) is 5.75 Å². The lowest BCUT2D eigenvalue weighted by molar-refractivity contribution is -0.385. The molecule has 6 heteroatoms. The molecule has 0 aliphatic carbocycles. The van der Waals surface area contributed by atoms with Gasteiger partial charge in [0, 0.05) is 11.6 Å². The van der Waals surface area contributed by atoms with Crippen LogP contribution < -0.4 is 10.5 Å². The number of rotatable bonds is 3. The Labute approximate surface area is 97.5 Å². The van der Waals surface area contributed by atoms with E-state index in [9.17, 15) is 14.9 Å². The second kappa shape index (κ2) is 5.51. The second-order valence-electron chi connectivity index (χ2n) is 3.09. The number of nitrogens with zero attached hydrogens (tertiary/aromatic N) is 1. The number of nitrogens with two attached hydrogens (primary N) is 1. The normalized spacial score (nSPS) is 9.00. The van der Waals surface area contributed by atoms with Gasteiger partial charge in [-0.25, -0.2) is 0 Å². The summed E-state index contributed by atoms with van der Waals surface area (Å²) in [6.07, 6.45) is -0.0835. The molecule has 0 aliphatic heterocycles. The molecule has 0 fully saturated rings. The van der Waals surface area contributed by atoms with Gasteiger partial charge in [0.15, 0.2) is 5.75 Å². The van der Waals surface area contributed by atoms with Crippen molar-refractivity contribution in [3.8, 4) is 17.6 Å². The first-order chi connectivity index (χ1) is 8.04. The Morgan fingerprint density at radius 1 is 1.59 bits per heavy atom. The zero-order valence-electron chi connectivity index (χ0n) is 9.10. The first-order valence-electron chi connectivity index (χ1n) is 4.64. The topological polar surface area (TPSA) is 95.5 Å². The molecule has 0 unspecified atom stereocenters. The molecule has 0 atom stereocenters. The van der Waals surface area contributed by atoms with Gasteiger partial charge in [0.2, 0.25) is 5.91 Å². The highest BCUT2D eigenvalue weighted by atomic mass is 16.6. The highest BCUT2D eigenvalue weighted by molar-refractivity contribution is 5.76. The van der Waals surface area contributed by atoms with Crippen molar-refractivity contribution in [2.24, 2.45) is 5.73 Å². The fourth-order valence-electron chi connectivity index (χ4n) is 1.14.